The summed E-state index contributed by atoms with van der Waals surface area (Å²) in [4.78, 5) is 0. The van der Waals surface area contributed by atoms with Crippen LogP contribution >= 0.6 is 11.6 Å². The van der Waals surface area contributed by atoms with E-state index in [1.54, 1.807) is 0 Å². The van der Waals surface area contributed by atoms with Crippen LogP contribution in [0.3, 0.4) is 0 Å². The predicted octanol–water partition coefficient (Wildman–Crippen LogP) is 5.60. The summed E-state index contributed by atoms with van der Waals surface area (Å²) in [6.07, 6.45) is 8.04. The second kappa shape index (κ2) is 8.05. The van der Waals surface area contributed by atoms with Gasteiger partial charge in [0.1, 0.15) is 0 Å². The molecular formula is C18H28ClN. The maximum atomic E-state index is 6.00. The van der Waals surface area contributed by atoms with Gasteiger partial charge in [-0.2, -0.15) is 0 Å². The number of benzene rings is 1. The molecule has 0 radical (unpaired) electrons. The van der Waals surface area contributed by atoms with Crippen molar-refractivity contribution >= 4 is 11.6 Å². The fraction of sp³-hybridized carbons (Fsp3) is 0.667. The minimum absolute atomic E-state index is 0.531. The molecule has 0 amide bonds. The fourth-order valence-electron chi connectivity index (χ4n) is 2.89. The zero-order chi connectivity index (χ0) is 14.4. The second-order valence-corrected chi connectivity index (χ2v) is 6.63. The second-order valence-electron chi connectivity index (χ2n) is 6.19. The number of hydrogen-bond acceptors (Lipinski definition) is 1. The lowest BCUT2D eigenvalue weighted by molar-refractivity contribution is 0.374. The molecule has 0 aliphatic heterocycles. The zero-order valence-electron chi connectivity index (χ0n) is 12.9. The van der Waals surface area contributed by atoms with E-state index in [2.05, 4.69) is 31.3 Å². The summed E-state index contributed by atoms with van der Waals surface area (Å²) >= 11 is 6.00. The highest BCUT2D eigenvalue weighted by Gasteiger charge is 2.32. The smallest absolute Gasteiger partial charge is 0.0406 e. The van der Waals surface area contributed by atoms with Crippen LogP contribution in [0.2, 0.25) is 5.02 Å². The standard InChI is InChI=1S/C18H28ClN/c1-3-5-6-14(4-2)13-20-18(15-7-8-15)16-9-11-17(19)12-10-16/h9-12,14-15,18,20H,3-8,13H2,1-2H3. The van der Waals surface area contributed by atoms with Gasteiger partial charge >= 0.3 is 0 Å². The fourth-order valence-corrected chi connectivity index (χ4v) is 3.02. The van der Waals surface area contributed by atoms with E-state index in [9.17, 15) is 0 Å². The van der Waals surface area contributed by atoms with Crippen LogP contribution in [0.1, 0.15) is 64.0 Å². The first-order valence-corrected chi connectivity index (χ1v) is 8.61. The Bertz CT molecular complexity index is 383. The molecule has 20 heavy (non-hydrogen) atoms. The molecule has 1 saturated carbocycles. The highest BCUT2D eigenvalue weighted by molar-refractivity contribution is 6.30. The first-order chi connectivity index (χ1) is 9.74. The summed E-state index contributed by atoms with van der Waals surface area (Å²) in [5, 5.41) is 4.67. The Morgan fingerprint density at radius 2 is 1.90 bits per heavy atom. The number of nitrogens with one attached hydrogen (secondary N) is 1. The van der Waals surface area contributed by atoms with E-state index < -0.39 is 0 Å². The van der Waals surface area contributed by atoms with Crippen molar-refractivity contribution in [3.63, 3.8) is 0 Å². The summed E-state index contributed by atoms with van der Waals surface area (Å²) in [6.45, 7) is 5.75. The van der Waals surface area contributed by atoms with Crippen LogP contribution in [-0.4, -0.2) is 6.54 Å². The minimum atomic E-state index is 0.531. The molecule has 1 N–H and O–H groups in total. The average molecular weight is 294 g/mol. The number of unbranched alkanes of at least 4 members (excludes halogenated alkanes) is 1. The Morgan fingerprint density at radius 1 is 1.20 bits per heavy atom. The quantitative estimate of drug-likeness (QED) is 0.625. The first kappa shape index (κ1) is 15.9. The minimum Gasteiger partial charge on any atom is -0.309 e. The lowest BCUT2D eigenvalue weighted by Crippen LogP contribution is -2.28. The van der Waals surface area contributed by atoms with E-state index in [-0.39, 0.29) is 0 Å². The largest absolute Gasteiger partial charge is 0.309 e. The van der Waals surface area contributed by atoms with Gasteiger partial charge in [-0.05, 0) is 55.3 Å². The third-order valence-electron chi connectivity index (χ3n) is 4.49. The summed E-state index contributed by atoms with van der Waals surface area (Å²) in [5.41, 5.74) is 1.40. The first-order valence-electron chi connectivity index (χ1n) is 8.23. The molecule has 2 rings (SSSR count). The number of halogens is 1. The molecule has 112 valence electrons. The molecule has 1 fully saturated rings. The topological polar surface area (TPSA) is 12.0 Å². The van der Waals surface area contributed by atoms with Crippen LogP contribution < -0.4 is 5.32 Å². The summed E-state index contributed by atoms with van der Waals surface area (Å²) in [7, 11) is 0. The molecule has 1 aromatic carbocycles. The van der Waals surface area contributed by atoms with Gasteiger partial charge in [-0.1, -0.05) is 56.8 Å². The van der Waals surface area contributed by atoms with E-state index in [0.717, 1.165) is 23.4 Å². The third kappa shape index (κ3) is 4.79. The van der Waals surface area contributed by atoms with E-state index in [0.29, 0.717) is 6.04 Å². The van der Waals surface area contributed by atoms with Crippen LogP contribution in [0.5, 0.6) is 0 Å². The molecule has 0 aromatic heterocycles. The van der Waals surface area contributed by atoms with Gasteiger partial charge in [0, 0.05) is 11.1 Å². The molecule has 1 aliphatic carbocycles. The van der Waals surface area contributed by atoms with Gasteiger partial charge in [-0.15, -0.1) is 0 Å². The summed E-state index contributed by atoms with van der Waals surface area (Å²) in [5.74, 6) is 1.66. The van der Waals surface area contributed by atoms with Crippen molar-refractivity contribution in [2.45, 2.75) is 58.4 Å². The predicted molar refractivity (Wildman–Crippen MR) is 88.2 cm³/mol. The molecule has 1 aromatic rings. The zero-order valence-corrected chi connectivity index (χ0v) is 13.6. The van der Waals surface area contributed by atoms with Crippen molar-refractivity contribution in [1.82, 2.24) is 5.32 Å². The molecule has 2 heteroatoms. The maximum absolute atomic E-state index is 6.00. The van der Waals surface area contributed by atoms with Gasteiger partial charge < -0.3 is 5.32 Å². The molecule has 1 aliphatic rings. The molecule has 0 bridgehead atoms. The van der Waals surface area contributed by atoms with Crippen molar-refractivity contribution < 1.29 is 0 Å². The van der Waals surface area contributed by atoms with Crippen LogP contribution in [-0.2, 0) is 0 Å². The monoisotopic (exact) mass is 293 g/mol. The molecular weight excluding hydrogens is 266 g/mol. The Morgan fingerprint density at radius 3 is 2.45 bits per heavy atom. The molecule has 1 nitrogen and oxygen atoms in total. The Balaban J connectivity index is 1.90. The van der Waals surface area contributed by atoms with Gasteiger partial charge in [-0.3, -0.25) is 0 Å². The highest BCUT2D eigenvalue weighted by Crippen LogP contribution is 2.41. The van der Waals surface area contributed by atoms with Gasteiger partial charge in [0.2, 0.25) is 0 Å². The van der Waals surface area contributed by atoms with Crippen LogP contribution in [0.25, 0.3) is 0 Å². The van der Waals surface area contributed by atoms with Crippen LogP contribution in [0.4, 0.5) is 0 Å². The van der Waals surface area contributed by atoms with Gasteiger partial charge in [-0.25, -0.2) is 0 Å². The normalized spacial score (nSPS) is 17.9. The molecule has 0 spiro atoms. The molecule has 2 unspecified atom stereocenters. The molecule has 0 saturated heterocycles. The van der Waals surface area contributed by atoms with Gasteiger partial charge in [0.25, 0.3) is 0 Å². The molecule has 2 atom stereocenters. The van der Waals surface area contributed by atoms with Crippen LogP contribution in [0, 0.1) is 11.8 Å². The number of rotatable bonds is 9. The van der Waals surface area contributed by atoms with E-state index in [4.69, 9.17) is 11.6 Å². The maximum Gasteiger partial charge on any atom is 0.0406 e. The van der Waals surface area contributed by atoms with Crippen molar-refractivity contribution in [3.8, 4) is 0 Å². The SMILES string of the molecule is CCCCC(CC)CNC(c1ccc(Cl)cc1)C1CC1. The lowest BCUT2D eigenvalue weighted by atomic mass is 9.97. The Hall–Kier alpha value is -0.530. The Kier molecular flexibility index (Phi) is 6.38. The van der Waals surface area contributed by atoms with Gasteiger partial charge in [0.15, 0.2) is 0 Å². The highest BCUT2D eigenvalue weighted by atomic mass is 35.5. The van der Waals surface area contributed by atoms with E-state index >= 15 is 0 Å². The molecule has 0 heterocycles. The van der Waals surface area contributed by atoms with E-state index in [1.165, 1.54) is 44.1 Å². The van der Waals surface area contributed by atoms with Crippen LogP contribution in [0.15, 0.2) is 24.3 Å². The van der Waals surface area contributed by atoms with E-state index in [1.807, 2.05) is 12.1 Å². The Labute approximate surface area is 129 Å². The summed E-state index contributed by atoms with van der Waals surface area (Å²) < 4.78 is 0. The number of hydrogen-bond donors (Lipinski definition) is 1. The van der Waals surface area contributed by atoms with Gasteiger partial charge in [0.05, 0.1) is 0 Å². The third-order valence-corrected chi connectivity index (χ3v) is 4.74. The van der Waals surface area contributed by atoms with Crippen molar-refractivity contribution in [2.24, 2.45) is 11.8 Å². The lowest BCUT2D eigenvalue weighted by Gasteiger charge is -2.23. The van der Waals surface area contributed by atoms with Crippen molar-refractivity contribution in [2.75, 3.05) is 6.54 Å². The summed E-state index contributed by atoms with van der Waals surface area (Å²) in [6, 6.07) is 8.93. The van der Waals surface area contributed by atoms with Crippen molar-refractivity contribution in [3.05, 3.63) is 34.9 Å². The average Bonchev–Trinajstić information content (AvgIpc) is 3.29. The van der Waals surface area contributed by atoms with Crippen molar-refractivity contribution in [1.29, 1.82) is 0 Å².